The number of carbonyl (C=O) groups excluding carboxylic acids is 2. The van der Waals surface area contributed by atoms with Gasteiger partial charge in [-0.15, -0.1) is 0 Å². The van der Waals surface area contributed by atoms with Gasteiger partial charge in [0.05, 0.1) is 0 Å². The van der Waals surface area contributed by atoms with E-state index in [4.69, 9.17) is 0 Å². The lowest BCUT2D eigenvalue weighted by molar-refractivity contribution is -0.139. The van der Waals surface area contributed by atoms with E-state index in [-0.39, 0.29) is 6.04 Å². The smallest absolute Gasteiger partial charge is 0.309 e. The summed E-state index contributed by atoms with van der Waals surface area (Å²) in [5.74, 6) is -1.05. The highest BCUT2D eigenvalue weighted by molar-refractivity contribution is 6.35. The van der Waals surface area contributed by atoms with E-state index in [0.29, 0.717) is 6.54 Å². The summed E-state index contributed by atoms with van der Waals surface area (Å²) < 4.78 is 0. The molecule has 0 aliphatic carbocycles. The van der Waals surface area contributed by atoms with Crippen molar-refractivity contribution < 1.29 is 9.59 Å². The minimum Gasteiger partial charge on any atom is -0.348 e. The van der Waals surface area contributed by atoms with Gasteiger partial charge in [0.25, 0.3) is 0 Å². The van der Waals surface area contributed by atoms with Crippen LogP contribution in [0.5, 0.6) is 0 Å². The number of hydrogen-bond acceptors (Lipinski definition) is 2. The van der Waals surface area contributed by atoms with Crippen LogP contribution in [0.4, 0.5) is 0 Å². The number of carbonyl (C=O) groups is 2. The van der Waals surface area contributed by atoms with Crippen molar-refractivity contribution in [3.8, 4) is 0 Å². The van der Waals surface area contributed by atoms with E-state index >= 15 is 0 Å². The summed E-state index contributed by atoms with van der Waals surface area (Å²) in [4.78, 5) is 22.5. The minimum atomic E-state index is -0.527. The van der Waals surface area contributed by atoms with Gasteiger partial charge in [-0.3, -0.25) is 9.59 Å². The molecule has 0 unspecified atom stereocenters. The van der Waals surface area contributed by atoms with Crippen LogP contribution in [0, 0.1) is 0 Å². The molecule has 15 heavy (non-hydrogen) atoms. The van der Waals surface area contributed by atoms with Crippen molar-refractivity contribution in [3.63, 3.8) is 0 Å². The highest BCUT2D eigenvalue weighted by atomic mass is 16.2. The van der Waals surface area contributed by atoms with Crippen molar-refractivity contribution >= 4 is 11.8 Å². The molecule has 2 N–H and O–H groups in total. The van der Waals surface area contributed by atoms with Gasteiger partial charge in [-0.25, -0.2) is 0 Å². The Kier molecular flexibility index (Phi) is 7.68. The predicted molar refractivity (Wildman–Crippen MR) is 60.4 cm³/mol. The first kappa shape index (κ1) is 13.9. The van der Waals surface area contributed by atoms with E-state index in [0.717, 1.165) is 25.7 Å². The molecular formula is C11H22N2O2. The summed E-state index contributed by atoms with van der Waals surface area (Å²) in [6.07, 6.45) is 3.94. The maximum Gasteiger partial charge on any atom is 0.309 e. The van der Waals surface area contributed by atoms with Gasteiger partial charge in [-0.05, 0) is 19.8 Å². The molecule has 2 amide bonds. The predicted octanol–water partition coefficient (Wildman–Crippen LogP) is 1.21. The maximum atomic E-state index is 11.3. The first-order valence-corrected chi connectivity index (χ1v) is 5.70. The Labute approximate surface area is 91.8 Å². The van der Waals surface area contributed by atoms with Crippen molar-refractivity contribution in [3.05, 3.63) is 0 Å². The fourth-order valence-corrected chi connectivity index (χ4v) is 1.05. The van der Waals surface area contributed by atoms with Gasteiger partial charge in [0, 0.05) is 12.6 Å². The molecule has 0 saturated carbocycles. The van der Waals surface area contributed by atoms with Crippen molar-refractivity contribution in [2.75, 3.05) is 6.54 Å². The molecule has 4 heteroatoms. The van der Waals surface area contributed by atoms with Crippen LogP contribution in [0.25, 0.3) is 0 Å². The van der Waals surface area contributed by atoms with Crippen LogP contribution in [0.1, 0.15) is 46.5 Å². The van der Waals surface area contributed by atoms with E-state index < -0.39 is 11.8 Å². The number of amides is 2. The van der Waals surface area contributed by atoms with Gasteiger partial charge in [-0.1, -0.05) is 26.7 Å². The zero-order valence-electron chi connectivity index (χ0n) is 9.93. The van der Waals surface area contributed by atoms with Gasteiger partial charge < -0.3 is 10.6 Å². The number of hydrogen-bond donors (Lipinski definition) is 2. The highest BCUT2D eigenvalue weighted by Crippen LogP contribution is 1.91. The zero-order chi connectivity index (χ0) is 11.7. The van der Waals surface area contributed by atoms with Crippen LogP contribution in [-0.2, 0) is 9.59 Å². The molecule has 0 spiro atoms. The molecular weight excluding hydrogens is 192 g/mol. The third-order valence-corrected chi connectivity index (χ3v) is 2.26. The largest absolute Gasteiger partial charge is 0.348 e. The second kappa shape index (κ2) is 8.26. The Hall–Kier alpha value is -1.06. The first-order chi connectivity index (χ1) is 7.11. The Balaban J connectivity index is 3.65. The maximum absolute atomic E-state index is 11.3. The van der Waals surface area contributed by atoms with Crippen LogP contribution in [0.15, 0.2) is 0 Å². The van der Waals surface area contributed by atoms with Gasteiger partial charge in [-0.2, -0.15) is 0 Å². The van der Waals surface area contributed by atoms with Crippen molar-refractivity contribution in [2.24, 2.45) is 0 Å². The average molecular weight is 214 g/mol. The van der Waals surface area contributed by atoms with Crippen molar-refractivity contribution in [1.29, 1.82) is 0 Å². The molecule has 0 aliphatic heterocycles. The van der Waals surface area contributed by atoms with Crippen molar-refractivity contribution in [2.45, 2.75) is 52.5 Å². The van der Waals surface area contributed by atoms with Gasteiger partial charge in [0.2, 0.25) is 0 Å². The van der Waals surface area contributed by atoms with Crippen LogP contribution >= 0.6 is 0 Å². The van der Waals surface area contributed by atoms with Crippen LogP contribution in [0.3, 0.4) is 0 Å². The summed E-state index contributed by atoms with van der Waals surface area (Å²) in [6.45, 7) is 6.52. The SMILES string of the molecule is CCCCCNC(=O)C(=O)N[C@@H](C)CC. The van der Waals surface area contributed by atoms with E-state index in [1.54, 1.807) is 0 Å². The molecule has 0 fully saturated rings. The van der Waals surface area contributed by atoms with Crippen molar-refractivity contribution in [1.82, 2.24) is 10.6 Å². The monoisotopic (exact) mass is 214 g/mol. The second-order valence-corrected chi connectivity index (χ2v) is 3.75. The lowest BCUT2D eigenvalue weighted by atomic mass is 10.2. The van der Waals surface area contributed by atoms with Gasteiger partial charge in [0.1, 0.15) is 0 Å². The molecule has 88 valence electrons. The molecule has 0 bridgehead atoms. The Morgan fingerprint density at radius 3 is 2.33 bits per heavy atom. The molecule has 1 atom stereocenters. The fraction of sp³-hybridized carbons (Fsp3) is 0.818. The quantitative estimate of drug-likeness (QED) is 0.515. The summed E-state index contributed by atoms with van der Waals surface area (Å²) >= 11 is 0. The molecule has 0 aliphatic rings. The van der Waals surface area contributed by atoms with Gasteiger partial charge in [0.15, 0.2) is 0 Å². The lowest BCUT2D eigenvalue weighted by Crippen LogP contribution is -2.43. The summed E-state index contributed by atoms with van der Waals surface area (Å²) in [7, 11) is 0. The first-order valence-electron chi connectivity index (χ1n) is 5.70. The van der Waals surface area contributed by atoms with Gasteiger partial charge >= 0.3 is 11.8 Å². The molecule has 0 heterocycles. The standard InChI is InChI=1S/C11H22N2O2/c1-4-6-7-8-12-10(14)11(15)13-9(3)5-2/h9H,4-8H2,1-3H3,(H,12,14)(H,13,15)/t9-/m0/s1. The third kappa shape index (κ3) is 6.94. The summed E-state index contributed by atoms with van der Waals surface area (Å²) in [5, 5.41) is 5.21. The Morgan fingerprint density at radius 2 is 1.80 bits per heavy atom. The van der Waals surface area contributed by atoms with E-state index in [1.165, 1.54) is 0 Å². The van der Waals surface area contributed by atoms with Crippen LogP contribution in [0.2, 0.25) is 0 Å². The molecule has 0 aromatic heterocycles. The molecule has 0 radical (unpaired) electrons. The third-order valence-electron chi connectivity index (χ3n) is 2.26. The number of rotatable bonds is 6. The summed E-state index contributed by atoms with van der Waals surface area (Å²) in [6, 6.07) is 0.0545. The van der Waals surface area contributed by atoms with E-state index in [1.807, 2.05) is 13.8 Å². The Morgan fingerprint density at radius 1 is 1.13 bits per heavy atom. The number of unbranched alkanes of at least 4 members (excludes halogenated alkanes) is 2. The zero-order valence-corrected chi connectivity index (χ0v) is 9.93. The van der Waals surface area contributed by atoms with E-state index in [9.17, 15) is 9.59 Å². The fourth-order valence-electron chi connectivity index (χ4n) is 1.05. The molecule has 4 nitrogen and oxygen atoms in total. The number of nitrogens with one attached hydrogen (secondary N) is 2. The van der Waals surface area contributed by atoms with Crippen LogP contribution < -0.4 is 10.6 Å². The molecule has 0 aromatic rings. The molecule has 0 aromatic carbocycles. The van der Waals surface area contributed by atoms with Crippen LogP contribution in [-0.4, -0.2) is 24.4 Å². The van der Waals surface area contributed by atoms with E-state index in [2.05, 4.69) is 17.6 Å². The molecule has 0 rings (SSSR count). The highest BCUT2D eigenvalue weighted by Gasteiger charge is 2.13. The second-order valence-electron chi connectivity index (χ2n) is 3.75. The molecule has 0 saturated heterocycles. The Bertz CT molecular complexity index is 205. The lowest BCUT2D eigenvalue weighted by Gasteiger charge is -2.10. The topological polar surface area (TPSA) is 58.2 Å². The summed E-state index contributed by atoms with van der Waals surface area (Å²) in [5.41, 5.74) is 0. The average Bonchev–Trinajstić information content (AvgIpc) is 2.23. The minimum absolute atomic E-state index is 0.0545. The normalized spacial score (nSPS) is 11.9.